The number of carbonyl (C=O) groups is 1. The van der Waals surface area contributed by atoms with Crippen molar-refractivity contribution in [3.05, 3.63) is 78.5 Å². The molecule has 0 radical (unpaired) electrons. The van der Waals surface area contributed by atoms with E-state index in [1.54, 1.807) is 12.3 Å². The normalized spacial score (nSPS) is 10.5. The molecule has 27 heavy (non-hydrogen) atoms. The van der Waals surface area contributed by atoms with Crippen LogP contribution in [0.25, 0.3) is 0 Å². The molecule has 0 bridgehead atoms. The summed E-state index contributed by atoms with van der Waals surface area (Å²) in [4.78, 5) is 16.3. The molecule has 0 unspecified atom stereocenters. The molecule has 3 rings (SSSR count). The fraction of sp³-hybridized carbons (Fsp3) is 0.182. The number of para-hydroxylation sites is 1. The van der Waals surface area contributed by atoms with E-state index in [4.69, 9.17) is 4.74 Å². The quantitative estimate of drug-likeness (QED) is 0.624. The van der Waals surface area contributed by atoms with E-state index in [0.717, 1.165) is 5.69 Å². The summed E-state index contributed by atoms with van der Waals surface area (Å²) in [5, 5.41) is 6.02. The van der Waals surface area contributed by atoms with Crippen LogP contribution < -0.4 is 15.4 Å². The van der Waals surface area contributed by atoms with Gasteiger partial charge in [0.2, 0.25) is 0 Å². The first-order chi connectivity index (χ1) is 13.1. The zero-order valence-corrected chi connectivity index (χ0v) is 15.5. The number of aromatic nitrogens is 1. The molecule has 0 saturated heterocycles. The largest absolute Gasteiger partial charge is 0.484 e. The molecule has 1 amide bonds. The van der Waals surface area contributed by atoms with Crippen molar-refractivity contribution in [1.82, 2.24) is 4.98 Å². The highest BCUT2D eigenvalue weighted by atomic mass is 16.5. The summed E-state index contributed by atoms with van der Waals surface area (Å²) in [5.41, 5.74) is 2.89. The predicted octanol–water partition coefficient (Wildman–Crippen LogP) is 4.97. The molecular formula is C22H23N3O2. The van der Waals surface area contributed by atoms with Crippen LogP contribution in [0.5, 0.6) is 5.75 Å². The monoisotopic (exact) mass is 361 g/mol. The number of benzene rings is 2. The average molecular weight is 361 g/mol. The Bertz CT molecular complexity index is 860. The summed E-state index contributed by atoms with van der Waals surface area (Å²) in [6.45, 7) is 4.29. The Hall–Kier alpha value is -3.34. The minimum Gasteiger partial charge on any atom is -0.484 e. The molecule has 0 saturated carbocycles. The van der Waals surface area contributed by atoms with Gasteiger partial charge in [-0.05, 0) is 47.9 Å². The first kappa shape index (κ1) is 18.5. The number of rotatable bonds is 7. The van der Waals surface area contributed by atoms with Crippen LogP contribution in [0.4, 0.5) is 17.2 Å². The summed E-state index contributed by atoms with van der Waals surface area (Å²) in [7, 11) is 0. The van der Waals surface area contributed by atoms with Crippen LogP contribution >= 0.6 is 0 Å². The topological polar surface area (TPSA) is 63.2 Å². The molecule has 5 heteroatoms. The maximum Gasteiger partial charge on any atom is 0.262 e. The van der Waals surface area contributed by atoms with Gasteiger partial charge in [-0.2, -0.15) is 0 Å². The third kappa shape index (κ3) is 5.57. The van der Waals surface area contributed by atoms with E-state index in [0.29, 0.717) is 23.2 Å². The van der Waals surface area contributed by atoms with Crippen molar-refractivity contribution in [1.29, 1.82) is 0 Å². The van der Waals surface area contributed by atoms with Gasteiger partial charge in [-0.25, -0.2) is 4.98 Å². The smallest absolute Gasteiger partial charge is 0.262 e. The van der Waals surface area contributed by atoms with Gasteiger partial charge < -0.3 is 15.4 Å². The predicted molar refractivity (Wildman–Crippen MR) is 109 cm³/mol. The van der Waals surface area contributed by atoms with E-state index in [9.17, 15) is 4.79 Å². The van der Waals surface area contributed by atoms with Crippen molar-refractivity contribution >= 4 is 23.1 Å². The molecule has 0 atom stereocenters. The molecule has 5 nitrogen and oxygen atoms in total. The Labute approximate surface area is 159 Å². The number of carbonyl (C=O) groups excluding carboxylic acids is 1. The first-order valence-corrected chi connectivity index (χ1v) is 8.91. The minimum absolute atomic E-state index is 0.0494. The standard InChI is InChI=1S/C22H23N3O2/c1-16(2)17-8-10-18(11-9-17)24-21-13-12-19(14-23-21)25-22(26)15-27-20-6-4-3-5-7-20/h3-14,16H,15H2,1-2H3,(H,23,24)(H,25,26). The Morgan fingerprint density at radius 3 is 2.30 bits per heavy atom. The number of nitrogens with one attached hydrogen (secondary N) is 2. The van der Waals surface area contributed by atoms with Gasteiger partial charge in [0.05, 0.1) is 11.9 Å². The lowest BCUT2D eigenvalue weighted by molar-refractivity contribution is -0.118. The van der Waals surface area contributed by atoms with Crippen molar-refractivity contribution in [3.8, 4) is 5.75 Å². The molecule has 3 aromatic rings. The van der Waals surface area contributed by atoms with Crippen LogP contribution in [0.15, 0.2) is 72.9 Å². The van der Waals surface area contributed by atoms with Gasteiger partial charge >= 0.3 is 0 Å². The van der Waals surface area contributed by atoms with Gasteiger partial charge in [-0.15, -0.1) is 0 Å². The Kier molecular flexibility index (Phi) is 6.05. The minimum atomic E-state index is -0.231. The molecule has 0 fully saturated rings. The number of hydrogen-bond acceptors (Lipinski definition) is 4. The van der Waals surface area contributed by atoms with Crippen LogP contribution in [-0.2, 0) is 4.79 Å². The fourth-order valence-electron chi connectivity index (χ4n) is 2.50. The number of anilines is 3. The number of pyridine rings is 1. The third-order valence-corrected chi connectivity index (χ3v) is 4.01. The molecule has 1 heterocycles. The highest BCUT2D eigenvalue weighted by Crippen LogP contribution is 2.20. The van der Waals surface area contributed by atoms with Gasteiger partial charge in [0.25, 0.3) is 5.91 Å². The van der Waals surface area contributed by atoms with E-state index in [1.807, 2.05) is 48.5 Å². The molecule has 1 aromatic heterocycles. The fourth-order valence-corrected chi connectivity index (χ4v) is 2.50. The lowest BCUT2D eigenvalue weighted by atomic mass is 10.0. The van der Waals surface area contributed by atoms with Gasteiger partial charge in [-0.3, -0.25) is 4.79 Å². The Morgan fingerprint density at radius 2 is 1.67 bits per heavy atom. The van der Waals surface area contributed by atoms with Crippen molar-refractivity contribution in [2.24, 2.45) is 0 Å². The van der Waals surface area contributed by atoms with Crippen molar-refractivity contribution in [2.45, 2.75) is 19.8 Å². The highest BCUT2D eigenvalue weighted by Gasteiger charge is 2.05. The molecule has 0 aliphatic rings. The molecule has 138 valence electrons. The molecule has 2 N–H and O–H groups in total. The first-order valence-electron chi connectivity index (χ1n) is 8.91. The summed E-state index contributed by atoms with van der Waals surface area (Å²) in [5.74, 6) is 1.65. The van der Waals surface area contributed by atoms with E-state index in [-0.39, 0.29) is 12.5 Å². The zero-order valence-electron chi connectivity index (χ0n) is 15.5. The van der Waals surface area contributed by atoms with Crippen molar-refractivity contribution in [3.63, 3.8) is 0 Å². The lowest BCUT2D eigenvalue weighted by Crippen LogP contribution is -2.20. The SMILES string of the molecule is CC(C)c1ccc(Nc2ccc(NC(=O)COc3ccccc3)cn2)cc1. The number of amides is 1. The van der Waals surface area contributed by atoms with Gasteiger partial charge in [0.15, 0.2) is 6.61 Å². The second-order valence-corrected chi connectivity index (χ2v) is 6.48. The summed E-state index contributed by atoms with van der Waals surface area (Å²) in [6.07, 6.45) is 1.62. The molecule has 2 aromatic carbocycles. The van der Waals surface area contributed by atoms with Crippen molar-refractivity contribution in [2.75, 3.05) is 17.2 Å². The Morgan fingerprint density at radius 1 is 0.963 bits per heavy atom. The highest BCUT2D eigenvalue weighted by molar-refractivity contribution is 5.91. The summed E-state index contributed by atoms with van der Waals surface area (Å²) < 4.78 is 5.42. The van der Waals surface area contributed by atoms with E-state index >= 15 is 0 Å². The lowest BCUT2D eigenvalue weighted by Gasteiger charge is -2.10. The zero-order chi connectivity index (χ0) is 19.1. The molecule has 0 spiro atoms. The maximum atomic E-state index is 12.0. The summed E-state index contributed by atoms with van der Waals surface area (Å²) in [6, 6.07) is 21.1. The molecular weight excluding hydrogens is 338 g/mol. The van der Waals surface area contributed by atoms with Gasteiger partial charge in [-0.1, -0.05) is 44.2 Å². The second-order valence-electron chi connectivity index (χ2n) is 6.48. The maximum absolute atomic E-state index is 12.0. The van der Waals surface area contributed by atoms with Crippen LogP contribution in [0.2, 0.25) is 0 Å². The average Bonchev–Trinajstić information content (AvgIpc) is 2.69. The van der Waals surface area contributed by atoms with Gasteiger partial charge in [0, 0.05) is 5.69 Å². The molecule has 0 aliphatic heterocycles. The van der Waals surface area contributed by atoms with E-state index < -0.39 is 0 Å². The van der Waals surface area contributed by atoms with Gasteiger partial charge in [0.1, 0.15) is 11.6 Å². The van der Waals surface area contributed by atoms with Crippen LogP contribution in [-0.4, -0.2) is 17.5 Å². The van der Waals surface area contributed by atoms with E-state index in [2.05, 4.69) is 41.6 Å². The third-order valence-electron chi connectivity index (χ3n) is 4.01. The molecule has 0 aliphatic carbocycles. The van der Waals surface area contributed by atoms with Crippen molar-refractivity contribution < 1.29 is 9.53 Å². The van der Waals surface area contributed by atoms with Crippen LogP contribution in [0, 0.1) is 0 Å². The van der Waals surface area contributed by atoms with E-state index in [1.165, 1.54) is 5.56 Å². The second kappa shape index (κ2) is 8.85. The van der Waals surface area contributed by atoms with Crippen LogP contribution in [0.1, 0.15) is 25.3 Å². The number of hydrogen-bond donors (Lipinski definition) is 2. The number of ether oxygens (including phenoxy) is 1. The Balaban J connectivity index is 1.51. The number of nitrogens with zero attached hydrogens (tertiary/aromatic N) is 1. The summed E-state index contributed by atoms with van der Waals surface area (Å²) >= 11 is 0. The van der Waals surface area contributed by atoms with Crippen LogP contribution in [0.3, 0.4) is 0 Å².